The van der Waals surface area contributed by atoms with Crippen molar-refractivity contribution in [2.24, 2.45) is 0 Å². The zero-order valence-electron chi connectivity index (χ0n) is 15.5. The molecule has 0 saturated carbocycles. The van der Waals surface area contributed by atoms with E-state index in [4.69, 9.17) is 0 Å². The SMILES string of the molecule is CN(C)CCCN(C)C1CCCN(Cc2cccc(C(F)(F)F)c2)C1. The summed E-state index contributed by atoms with van der Waals surface area (Å²) in [6.07, 6.45) is -0.875. The van der Waals surface area contributed by atoms with Crippen molar-refractivity contribution in [3.8, 4) is 0 Å². The van der Waals surface area contributed by atoms with Gasteiger partial charge in [0.15, 0.2) is 0 Å². The number of benzene rings is 1. The number of nitrogens with zero attached hydrogens (tertiary/aromatic N) is 3. The molecule has 3 nitrogen and oxygen atoms in total. The Morgan fingerprint density at radius 2 is 1.92 bits per heavy atom. The summed E-state index contributed by atoms with van der Waals surface area (Å²) in [7, 11) is 6.32. The first-order valence-electron chi connectivity index (χ1n) is 8.99. The molecule has 6 heteroatoms. The second kappa shape index (κ2) is 9.01. The van der Waals surface area contributed by atoms with Gasteiger partial charge < -0.3 is 9.80 Å². The molecular formula is C19H30F3N3. The number of likely N-dealkylation sites (N-methyl/N-ethyl adjacent to an activating group) is 1. The fourth-order valence-corrected chi connectivity index (χ4v) is 3.46. The highest BCUT2D eigenvalue weighted by atomic mass is 19.4. The van der Waals surface area contributed by atoms with Crippen molar-refractivity contribution >= 4 is 0 Å². The van der Waals surface area contributed by atoms with Gasteiger partial charge in [0.25, 0.3) is 0 Å². The predicted molar refractivity (Wildman–Crippen MR) is 95.5 cm³/mol. The number of rotatable bonds is 7. The minimum Gasteiger partial charge on any atom is -0.309 e. The molecule has 1 fully saturated rings. The van der Waals surface area contributed by atoms with E-state index in [1.807, 2.05) is 0 Å². The summed E-state index contributed by atoms with van der Waals surface area (Å²) in [6, 6.07) is 6.21. The maximum Gasteiger partial charge on any atom is 0.416 e. The summed E-state index contributed by atoms with van der Waals surface area (Å²) in [6.45, 7) is 4.60. The first kappa shape index (κ1) is 20.2. The molecule has 1 aliphatic rings. The highest BCUT2D eigenvalue weighted by Gasteiger charge is 2.30. The molecule has 0 aliphatic carbocycles. The maximum atomic E-state index is 12.9. The van der Waals surface area contributed by atoms with Gasteiger partial charge in [-0.2, -0.15) is 13.2 Å². The lowest BCUT2D eigenvalue weighted by Gasteiger charge is -2.38. The van der Waals surface area contributed by atoms with Crippen LogP contribution in [0.3, 0.4) is 0 Å². The summed E-state index contributed by atoms with van der Waals surface area (Å²) in [5.74, 6) is 0. The molecule has 1 aliphatic heterocycles. The van der Waals surface area contributed by atoms with E-state index in [2.05, 4.69) is 35.8 Å². The van der Waals surface area contributed by atoms with E-state index in [0.29, 0.717) is 12.6 Å². The Morgan fingerprint density at radius 1 is 1.16 bits per heavy atom. The van der Waals surface area contributed by atoms with E-state index in [1.165, 1.54) is 12.1 Å². The van der Waals surface area contributed by atoms with Gasteiger partial charge in [0.2, 0.25) is 0 Å². The van der Waals surface area contributed by atoms with Gasteiger partial charge in [-0.1, -0.05) is 18.2 Å². The van der Waals surface area contributed by atoms with Gasteiger partial charge in [-0.3, -0.25) is 4.90 Å². The second-order valence-electron chi connectivity index (χ2n) is 7.37. The molecule has 25 heavy (non-hydrogen) atoms. The van der Waals surface area contributed by atoms with Crippen LogP contribution in [0.25, 0.3) is 0 Å². The lowest BCUT2D eigenvalue weighted by molar-refractivity contribution is -0.137. The summed E-state index contributed by atoms with van der Waals surface area (Å²) < 4.78 is 38.6. The van der Waals surface area contributed by atoms with Crippen LogP contribution in [-0.4, -0.2) is 68.1 Å². The fraction of sp³-hybridized carbons (Fsp3) is 0.684. The summed E-state index contributed by atoms with van der Waals surface area (Å²) in [4.78, 5) is 6.88. The van der Waals surface area contributed by atoms with Gasteiger partial charge in [-0.25, -0.2) is 0 Å². The molecule has 1 aromatic rings. The van der Waals surface area contributed by atoms with Gasteiger partial charge in [-0.15, -0.1) is 0 Å². The number of piperidine rings is 1. The number of hydrogen-bond donors (Lipinski definition) is 0. The summed E-state index contributed by atoms with van der Waals surface area (Å²) in [5, 5.41) is 0. The molecule has 0 amide bonds. The molecule has 142 valence electrons. The van der Waals surface area contributed by atoms with Crippen molar-refractivity contribution in [2.45, 2.75) is 38.0 Å². The van der Waals surface area contributed by atoms with Crippen LogP contribution in [-0.2, 0) is 12.7 Å². The quantitative estimate of drug-likeness (QED) is 0.739. The van der Waals surface area contributed by atoms with E-state index in [-0.39, 0.29) is 0 Å². The van der Waals surface area contributed by atoms with Crippen LogP contribution in [0.1, 0.15) is 30.4 Å². The topological polar surface area (TPSA) is 9.72 Å². The van der Waals surface area contributed by atoms with E-state index in [0.717, 1.165) is 57.1 Å². The van der Waals surface area contributed by atoms with Gasteiger partial charge in [0.1, 0.15) is 0 Å². The Kier molecular flexibility index (Phi) is 7.28. The molecule has 2 rings (SSSR count). The third-order valence-electron chi connectivity index (χ3n) is 4.88. The minimum atomic E-state index is -4.27. The van der Waals surface area contributed by atoms with Crippen molar-refractivity contribution < 1.29 is 13.2 Å². The zero-order chi connectivity index (χ0) is 18.4. The molecule has 0 spiro atoms. The Hall–Kier alpha value is -1.11. The van der Waals surface area contributed by atoms with Gasteiger partial charge >= 0.3 is 6.18 Å². The second-order valence-corrected chi connectivity index (χ2v) is 7.37. The Bertz CT molecular complexity index is 531. The molecule has 0 bridgehead atoms. The van der Waals surface area contributed by atoms with E-state index >= 15 is 0 Å². The average Bonchev–Trinajstić information content (AvgIpc) is 2.54. The summed E-state index contributed by atoms with van der Waals surface area (Å²) in [5.41, 5.74) is 0.185. The van der Waals surface area contributed by atoms with Crippen LogP contribution < -0.4 is 0 Å². The molecule has 0 aromatic heterocycles. The Labute approximate surface area is 149 Å². The summed E-state index contributed by atoms with van der Waals surface area (Å²) >= 11 is 0. The molecule has 1 unspecified atom stereocenters. The predicted octanol–water partition coefficient (Wildman–Crippen LogP) is 3.55. The standard InChI is InChI=1S/C19H30F3N3/c1-23(2)10-6-11-24(3)18-9-5-12-25(15-18)14-16-7-4-8-17(13-16)19(20,21)22/h4,7-8,13,18H,5-6,9-12,14-15H2,1-3H3. The molecule has 0 radical (unpaired) electrons. The van der Waals surface area contributed by atoms with Crippen LogP contribution in [0.5, 0.6) is 0 Å². The van der Waals surface area contributed by atoms with Crippen LogP contribution >= 0.6 is 0 Å². The molecular weight excluding hydrogens is 327 g/mol. The Balaban J connectivity index is 1.89. The third kappa shape index (κ3) is 6.60. The number of alkyl halides is 3. The number of likely N-dealkylation sites (tertiary alicyclic amines) is 1. The number of hydrogen-bond acceptors (Lipinski definition) is 3. The number of halogens is 3. The molecule has 1 atom stereocenters. The molecule has 1 aromatic carbocycles. The minimum absolute atomic E-state index is 0.488. The van der Waals surface area contributed by atoms with E-state index in [9.17, 15) is 13.2 Å². The van der Waals surface area contributed by atoms with Crippen LogP contribution in [0.4, 0.5) is 13.2 Å². The first-order valence-corrected chi connectivity index (χ1v) is 8.99. The Morgan fingerprint density at radius 3 is 2.60 bits per heavy atom. The lowest BCUT2D eigenvalue weighted by Crippen LogP contribution is -2.46. The van der Waals surface area contributed by atoms with E-state index in [1.54, 1.807) is 6.07 Å². The third-order valence-corrected chi connectivity index (χ3v) is 4.88. The van der Waals surface area contributed by atoms with Crippen molar-refractivity contribution in [1.29, 1.82) is 0 Å². The van der Waals surface area contributed by atoms with Crippen LogP contribution in [0, 0.1) is 0 Å². The van der Waals surface area contributed by atoms with Gasteiger partial charge in [0, 0.05) is 19.1 Å². The van der Waals surface area contributed by atoms with Crippen molar-refractivity contribution in [3.63, 3.8) is 0 Å². The van der Waals surface area contributed by atoms with Crippen molar-refractivity contribution in [2.75, 3.05) is 47.3 Å². The maximum absolute atomic E-state index is 12.9. The molecule has 1 saturated heterocycles. The normalized spacial score (nSPS) is 19.8. The lowest BCUT2D eigenvalue weighted by atomic mass is 10.0. The monoisotopic (exact) mass is 357 g/mol. The van der Waals surface area contributed by atoms with Crippen molar-refractivity contribution in [3.05, 3.63) is 35.4 Å². The largest absolute Gasteiger partial charge is 0.416 e. The van der Waals surface area contributed by atoms with E-state index < -0.39 is 11.7 Å². The highest BCUT2D eigenvalue weighted by Crippen LogP contribution is 2.30. The van der Waals surface area contributed by atoms with Crippen LogP contribution in [0.15, 0.2) is 24.3 Å². The molecule has 0 N–H and O–H groups in total. The molecule has 1 heterocycles. The average molecular weight is 357 g/mol. The highest BCUT2D eigenvalue weighted by molar-refractivity contribution is 5.25. The zero-order valence-corrected chi connectivity index (χ0v) is 15.5. The smallest absolute Gasteiger partial charge is 0.309 e. The van der Waals surface area contributed by atoms with Gasteiger partial charge in [-0.05, 0) is 71.7 Å². The van der Waals surface area contributed by atoms with Crippen molar-refractivity contribution in [1.82, 2.24) is 14.7 Å². The first-order chi connectivity index (χ1) is 11.8. The van der Waals surface area contributed by atoms with Crippen LogP contribution in [0.2, 0.25) is 0 Å². The fourth-order valence-electron chi connectivity index (χ4n) is 3.46. The van der Waals surface area contributed by atoms with Gasteiger partial charge in [0.05, 0.1) is 5.56 Å².